The number of aryl methyl sites for hydroxylation is 2. The number of benzene rings is 1. The highest BCUT2D eigenvalue weighted by Gasteiger charge is 2.12. The third-order valence-electron chi connectivity index (χ3n) is 3.21. The molecule has 0 radical (unpaired) electrons. The first-order valence-electron chi connectivity index (χ1n) is 6.88. The van der Waals surface area contributed by atoms with Gasteiger partial charge in [0.05, 0.1) is 10.2 Å². The summed E-state index contributed by atoms with van der Waals surface area (Å²) >= 11 is 9.25. The molecule has 23 heavy (non-hydrogen) atoms. The van der Waals surface area contributed by atoms with Crippen molar-refractivity contribution in [3.05, 3.63) is 45.5 Å². The van der Waals surface area contributed by atoms with Crippen molar-refractivity contribution in [3.63, 3.8) is 0 Å². The molecule has 0 aliphatic carbocycles. The largest absolute Gasteiger partial charge is 0.361 e. The zero-order chi connectivity index (χ0) is 16.4. The molecule has 0 unspecified atom stereocenters. The van der Waals surface area contributed by atoms with Gasteiger partial charge in [0.15, 0.2) is 10.5 Å². The molecular weight excluding hydrogens is 354 g/mol. The Kier molecular flexibility index (Phi) is 4.89. The van der Waals surface area contributed by atoms with Crippen LogP contribution >= 0.6 is 34.7 Å². The number of fused-ring (bicyclic) bond motifs is 1. The summed E-state index contributed by atoms with van der Waals surface area (Å²) in [6.07, 6.45) is 2.05. The first kappa shape index (κ1) is 16.3. The highest BCUT2D eigenvalue weighted by atomic mass is 35.5. The van der Waals surface area contributed by atoms with E-state index >= 15 is 0 Å². The van der Waals surface area contributed by atoms with E-state index in [0.29, 0.717) is 15.6 Å². The fourth-order valence-corrected chi connectivity index (χ4v) is 3.84. The molecule has 5 nitrogen and oxygen atoms in total. The van der Waals surface area contributed by atoms with Crippen molar-refractivity contribution >= 4 is 50.8 Å². The molecule has 120 valence electrons. The van der Waals surface area contributed by atoms with Crippen molar-refractivity contribution < 1.29 is 9.32 Å². The smallest absolute Gasteiger partial charge is 0.301 e. The molecule has 0 saturated heterocycles. The summed E-state index contributed by atoms with van der Waals surface area (Å²) in [6.45, 7) is 2.51. The third-order valence-corrected chi connectivity index (χ3v) is 5.08. The van der Waals surface area contributed by atoms with Crippen LogP contribution in [0.3, 0.4) is 0 Å². The quantitative estimate of drug-likeness (QED) is 0.704. The van der Waals surface area contributed by atoms with Gasteiger partial charge in [-0.3, -0.25) is 4.79 Å². The second kappa shape index (κ2) is 6.90. The minimum atomic E-state index is -0.405. The predicted molar refractivity (Wildman–Crippen MR) is 94.3 cm³/mol. The van der Waals surface area contributed by atoms with E-state index in [4.69, 9.17) is 16.1 Å². The maximum Gasteiger partial charge on any atom is 0.301 e. The Labute approximate surface area is 146 Å². The molecule has 0 atom stereocenters. The van der Waals surface area contributed by atoms with Gasteiger partial charge in [0.2, 0.25) is 0 Å². The van der Waals surface area contributed by atoms with E-state index in [9.17, 15) is 4.79 Å². The van der Waals surface area contributed by atoms with E-state index in [1.807, 2.05) is 29.0 Å². The number of carbonyl (C=O) groups excluding carboxylic acids is 1. The molecule has 3 rings (SSSR count). The Morgan fingerprint density at radius 3 is 3.00 bits per heavy atom. The molecule has 1 aromatic carbocycles. The summed E-state index contributed by atoms with van der Waals surface area (Å²) in [5.74, 6) is 1.11. The van der Waals surface area contributed by atoms with E-state index in [-0.39, 0.29) is 5.69 Å². The van der Waals surface area contributed by atoms with Crippen LogP contribution in [0.4, 0.5) is 0 Å². The van der Waals surface area contributed by atoms with Crippen LogP contribution in [0.25, 0.3) is 10.2 Å². The Bertz CT molecular complexity index is 926. The average molecular weight is 368 g/mol. The number of nitrogens with zero attached hydrogens (tertiary/aromatic N) is 3. The van der Waals surface area contributed by atoms with E-state index in [1.165, 1.54) is 11.3 Å². The van der Waals surface area contributed by atoms with Crippen LogP contribution < -0.4 is 4.80 Å². The number of thioether (sulfide) groups is 1. The van der Waals surface area contributed by atoms with Crippen LogP contribution in [-0.2, 0) is 6.54 Å². The minimum Gasteiger partial charge on any atom is -0.361 e. The maximum absolute atomic E-state index is 12.3. The monoisotopic (exact) mass is 367 g/mol. The second-order valence-electron chi connectivity index (χ2n) is 4.88. The van der Waals surface area contributed by atoms with E-state index in [2.05, 4.69) is 10.1 Å². The molecule has 0 N–H and O–H groups in total. The van der Waals surface area contributed by atoms with Gasteiger partial charge in [-0.2, -0.15) is 16.8 Å². The number of aromatic nitrogens is 2. The van der Waals surface area contributed by atoms with Gasteiger partial charge in [0, 0.05) is 23.4 Å². The lowest BCUT2D eigenvalue weighted by molar-refractivity contribution is 0.0989. The molecular formula is C15H14ClN3O2S2. The summed E-state index contributed by atoms with van der Waals surface area (Å²) in [5.41, 5.74) is 1.24. The topological polar surface area (TPSA) is 60.4 Å². The number of carbonyl (C=O) groups is 1. The fourth-order valence-electron chi connectivity index (χ4n) is 2.14. The number of amides is 1. The molecule has 1 amide bonds. The van der Waals surface area contributed by atoms with Crippen molar-refractivity contribution in [1.82, 2.24) is 9.72 Å². The van der Waals surface area contributed by atoms with Crippen LogP contribution in [0.1, 0.15) is 16.2 Å². The highest BCUT2D eigenvalue weighted by Crippen LogP contribution is 2.22. The van der Waals surface area contributed by atoms with Gasteiger partial charge in [-0.1, -0.05) is 28.1 Å². The van der Waals surface area contributed by atoms with Crippen LogP contribution in [0, 0.1) is 6.92 Å². The standard InChI is InChI=1S/C15H14ClN3O2S2/c1-9-7-11(18-21-9)14(20)17-15-19(5-6-22-2)12-4-3-10(16)8-13(12)23-15/h3-4,7-8H,5-6H2,1-2H3. The SMILES string of the molecule is CSCCn1c(=NC(=O)c2cc(C)on2)sc2cc(Cl)ccc21. The number of halogens is 1. The van der Waals surface area contributed by atoms with Crippen LogP contribution in [0.5, 0.6) is 0 Å². The van der Waals surface area contributed by atoms with Crippen molar-refractivity contribution in [1.29, 1.82) is 0 Å². The number of rotatable bonds is 4. The fraction of sp³-hybridized carbons (Fsp3) is 0.267. The van der Waals surface area contributed by atoms with Gasteiger partial charge >= 0.3 is 5.91 Å². The van der Waals surface area contributed by atoms with E-state index in [0.717, 1.165) is 22.5 Å². The zero-order valence-electron chi connectivity index (χ0n) is 12.6. The molecule has 8 heteroatoms. The van der Waals surface area contributed by atoms with Crippen molar-refractivity contribution in [2.24, 2.45) is 4.99 Å². The summed E-state index contributed by atoms with van der Waals surface area (Å²) in [4.78, 5) is 17.1. The minimum absolute atomic E-state index is 0.217. The van der Waals surface area contributed by atoms with Crippen molar-refractivity contribution in [3.8, 4) is 0 Å². The van der Waals surface area contributed by atoms with Gasteiger partial charge in [-0.05, 0) is 31.4 Å². The Balaban J connectivity index is 2.11. The summed E-state index contributed by atoms with van der Waals surface area (Å²) in [6, 6.07) is 7.28. The molecule has 0 saturated carbocycles. The Hall–Kier alpha value is -1.57. The third kappa shape index (κ3) is 3.52. The maximum atomic E-state index is 12.3. The van der Waals surface area contributed by atoms with Crippen molar-refractivity contribution in [2.75, 3.05) is 12.0 Å². The molecule has 0 spiro atoms. The van der Waals surface area contributed by atoms with E-state index < -0.39 is 5.91 Å². The molecule has 2 aromatic heterocycles. The summed E-state index contributed by atoms with van der Waals surface area (Å²) in [7, 11) is 0. The van der Waals surface area contributed by atoms with Crippen molar-refractivity contribution in [2.45, 2.75) is 13.5 Å². The molecule has 0 fully saturated rings. The normalized spacial score (nSPS) is 12.2. The molecule has 0 aliphatic rings. The number of thiazole rings is 1. The molecule has 0 bridgehead atoms. The number of hydrogen-bond acceptors (Lipinski definition) is 5. The van der Waals surface area contributed by atoms with Gasteiger partial charge in [-0.15, -0.1) is 0 Å². The van der Waals surface area contributed by atoms with Gasteiger partial charge in [-0.25, -0.2) is 0 Å². The highest BCUT2D eigenvalue weighted by molar-refractivity contribution is 7.98. The lowest BCUT2D eigenvalue weighted by atomic mass is 10.3. The first-order valence-corrected chi connectivity index (χ1v) is 9.47. The Morgan fingerprint density at radius 1 is 1.48 bits per heavy atom. The average Bonchev–Trinajstić information content (AvgIpc) is 3.08. The van der Waals surface area contributed by atoms with Gasteiger partial charge in [0.25, 0.3) is 0 Å². The first-order chi connectivity index (χ1) is 11.1. The Morgan fingerprint density at radius 2 is 2.30 bits per heavy atom. The predicted octanol–water partition coefficient (Wildman–Crippen LogP) is 3.76. The number of hydrogen-bond donors (Lipinski definition) is 0. The zero-order valence-corrected chi connectivity index (χ0v) is 15.0. The molecule has 0 aliphatic heterocycles. The van der Waals surface area contributed by atoms with Crippen LogP contribution in [0.2, 0.25) is 5.02 Å². The van der Waals surface area contributed by atoms with Gasteiger partial charge < -0.3 is 9.09 Å². The molecule has 2 heterocycles. The van der Waals surface area contributed by atoms with Crippen LogP contribution in [0.15, 0.2) is 33.8 Å². The second-order valence-corrected chi connectivity index (χ2v) is 7.31. The van der Waals surface area contributed by atoms with E-state index in [1.54, 1.807) is 24.8 Å². The summed E-state index contributed by atoms with van der Waals surface area (Å²) in [5, 5.41) is 4.39. The lowest BCUT2D eigenvalue weighted by Gasteiger charge is -2.03. The lowest BCUT2D eigenvalue weighted by Crippen LogP contribution is -2.18. The van der Waals surface area contributed by atoms with Gasteiger partial charge in [0.1, 0.15) is 5.76 Å². The summed E-state index contributed by atoms with van der Waals surface area (Å²) < 4.78 is 7.98. The van der Waals surface area contributed by atoms with Crippen LogP contribution in [-0.4, -0.2) is 27.6 Å². The molecule has 3 aromatic rings.